The Morgan fingerprint density at radius 1 is 1.00 bits per heavy atom. The molecule has 0 saturated heterocycles. The van der Waals surface area contributed by atoms with Crippen molar-refractivity contribution in [3.8, 4) is 0 Å². The summed E-state index contributed by atoms with van der Waals surface area (Å²) in [5.74, 6) is 2.18. The first-order chi connectivity index (χ1) is 9.47. The first-order valence-corrected chi connectivity index (χ1v) is 8.21. The van der Waals surface area contributed by atoms with Gasteiger partial charge in [0.2, 0.25) is 0 Å². The molecule has 0 amide bonds. The van der Waals surface area contributed by atoms with Gasteiger partial charge >= 0.3 is 0 Å². The average molecular weight is 274 g/mol. The van der Waals surface area contributed by atoms with Crippen molar-refractivity contribution in [1.29, 1.82) is 0 Å². The van der Waals surface area contributed by atoms with Crippen LogP contribution in [-0.2, 0) is 6.42 Å². The molecule has 0 aromatic heterocycles. The summed E-state index contributed by atoms with van der Waals surface area (Å²) in [6.07, 6.45) is 5.66. The van der Waals surface area contributed by atoms with Gasteiger partial charge in [0.05, 0.1) is 6.10 Å². The third kappa shape index (κ3) is 3.85. The van der Waals surface area contributed by atoms with Crippen molar-refractivity contribution in [2.24, 2.45) is 17.8 Å². The molecule has 1 fully saturated rings. The number of hydrogen-bond donors (Lipinski definition) is 1. The molecule has 0 radical (unpaired) electrons. The Labute approximate surface area is 124 Å². The van der Waals surface area contributed by atoms with Crippen LogP contribution in [0.2, 0.25) is 0 Å². The summed E-state index contributed by atoms with van der Waals surface area (Å²) in [5.41, 5.74) is 3.95. The molecular weight excluding hydrogens is 244 g/mol. The van der Waals surface area contributed by atoms with Crippen molar-refractivity contribution in [2.45, 2.75) is 65.9 Å². The zero-order chi connectivity index (χ0) is 14.7. The van der Waals surface area contributed by atoms with E-state index in [9.17, 15) is 5.11 Å². The minimum atomic E-state index is -0.162. The standard InChI is InChI=1S/C19H30O/c1-13(2)17-7-9-18(10-8-17)19(20)12-16-6-5-14(3)15(4)11-16/h5-6,11,13,17-20H,7-10,12H2,1-4H3. The molecule has 1 saturated carbocycles. The van der Waals surface area contributed by atoms with Crippen LogP contribution in [0.15, 0.2) is 18.2 Å². The number of aliphatic hydroxyl groups excluding tert-OH is 1. The molecule has 1 atom stereocenters. The van der Waals surface area contributed by atoms with Crippen molar-refractivity contribution in [3.05, 3.63) is 34.9 Å². The Morgan fingerprint density at radius 3 is 2.15 bits per heavy atom. The molecule has 112 valence electrons. The van der Waals surface area contributed by atoms with Gasteiger partial charge in [0, 0.05) is 0 Å². The second kappa shape index (κ2) is 6.76. The monoisotopic (exact) mass is 274 g/mol. The predicted octanol–water partition coefficient (Wildman–Crippen LogP) is 4.67. The molecule has 20 heavy (non-hydrogen) atoms. The van der Waals surface area contributed by atoms with Gasteiger partial charge in [-0.25, -0.2) is 0 Å². The van der Waals surface area contributed by atoms with Crippen molar-refractivity contribution in [2.75, 3.05) is 0 Å². The van der Waals surface area contributed by atoms with Gasteiger partial charge in [0.15, 0.2) is 0 Å². The van der Waals surface area contributed by atoms with Gasteiger partial charge in [0.25, 0.3) is 0 Å². The zero-order valence-electron chi connectivity index (χ0n) is 13.5. The van der Waals surface area contributed by atoms with Crippen molar-refractivity contribution in [3.63, 3.8) is 0 Å². The van der Waals surface area contributed by atoms with Crippen molar-refractivity contribution in [1.82, 2.24) is 0 Å². The molecule has 1 aromatic rings. The van der Waals surface area contributed by atoms with Crippen LogP contribution in [0.1, 0.15) is 56.2 Å². The summed E-state index contributed by atoms with van der Waals surface area (Å²) in [5, 5.41) is 10.5. The molecule has 1 aliphatic rings. The summed E-state index contributed by atoms with van der Waals surface area (Å²) in [4.78, 5) is 0. The lowest BCUT2D eigenvalue weighted by Gasteiger charge is -2.33. The van der Waals surface area contributed by atoms with Gasteiger partial charge in [-0.1, -0.05) is 32.0 Å². The molecular formula is C19H30O. The van der Waals surface area contributed by atoms with E-state index in [4.69, 9.17) is 0 Å². The number of rotatable bonds is 4. The average Bonchev–Trinajstić information content (AvgIpc) is 2.43. The second-order valence-corrected chi connectivity index (χ2v) is 7.11. The molecule has 0 spiro atoms. The molecule has 1 unspecified atom stereocenters. The molecule has 0 heterocycles. The minimum Gasteiger partial charge on any atom is -0.392 e. The maximum absolute atomic E-state index is 10.5. The van der Waals surface area contributed by atoms with Gasteiger partial charge < -0.3 is 5.11 Å². The fourth-order valence-electron chi connectivity index (χ4n) is 3.54. The topological polar surface area (TPSA) is 20.2 Å². The summed E-state index contributed by atoms with van der Waals surface area (Å²) >= 11 is 0. The van der Waals surface area contributed by atoms with E-state index in [1.165, 1.54) is 42.4 Å². The maximum Gasteiger partial charge on any atom is 0.0608 e. The van der Waals surface area contributed by atoms with Crippen LogP contribution in [0, 0.1) is 31.6 Å². The normalized spacial score (nSPS) is 24.9. The van der Waals surface area contributed by atoms with E-state index in [2.05, 4.69) is 45.9 Å². The Kier molecular flexibility index (Phi) is 5.26. The predicted molar refractivity (Wildman–Crippen MR) is 85.9 cm³/mol. The van der Waals surface area contributed by atoms with Crippen molar-refractivity contribution >= 4 is 0 Å². The van der Waals surface area contributed by atoms with E-state index in [1.54, 1.807) is 0 Å². The maximum atomic E-state index is 10.5. The molecule has 0 bridgehead atoms. The van der Waals surface area contributed by atoms with Crippen LogP contribution in [-0.4, -0.2) is 11.2 Å². The van der Waals surface area contributed by atoms with Gasteiger partial charge in [-0.2, -0.15) is 0 Å². The van der Waals surface area contributed by atoms with E-state index < -0.39 is 0 Å². The van der Waals surface area contributed by atoms with E-state index in [0.717, 1.165) is 18.3 Å². The van der Waals surface area contributed by atoms with Crippen LogP contribution in [0.5, 0.6) is 0 Å². The number of hydrogen-bond acceptors (Lipinski definition) is 1. The quantitative estimate of drug-likeness (QED) is 0.846. The molecule has 2 rings (SSSR count). The first-order valence-electron chi connectivity index (χ1n) is 8.21. The van der Waals surface area contributed by atoms with Crippen LogP contribution in [0.3, 0.4) is 0 Å². The Bertz CT molecular complexity index is 427. The highest BCUT2D eigenvalue weighted by Gasteiger charge is 2.27. The number of benzene rings is 1. The lowest BCUT2D eigenvalue weighted by molar-refractivity contribution is 0.0675. The van der Waals surface area contributed by atoms with E-state index in [1.807, 2.05) is 0 Å². The first kappa shape index (κ1) is 15.6. The SMILES string of the molecule is Cc1ccc(CC(O)C2CCC(C(C)C)CC2)cc1C. The van der Waals surface area contributed by atoms with E-state index in [0.29, 0.717) is 5.92 Å². The van der Waals surface area contributed by atoms with E-state index >= 15 is 0 Å². The second-order valence-electron chi connectivity index (χ2n) is 7.11. The summed E-state index contributed by atoms with van der Waals surface area (Å²) in [6, 6.07) is 6.58. The third-order valence-electron chi connectivity index (χ3n) is 5.32. The molecule has 1 aromatic carbocycles. The lowest BCUT2D eigenvalue weighted by atomic mass is 9.74. The van der Waals surface area contributed by atoms with Gasteiger partial charge in [-0.3, -0.25) is 0 Å². The highest BCUT2D eigenvalue weighted by molar-refractivity contribution is 5.30. The van der Waals surface area contributed by atoms with Gasteiger partial charge in [-0.05, 0) is 80.4 Å². The van der Waals surface area contributed by atoms with Gasteiger partial charge in [-0.15, -0.1) is 0 Å². The van der Waals surface area contributed by atoms with Crippen LogP contribution < -0.4 is 0 Å². The number of aliphatic hydroxyl groups is 1. The highest BCUT2D eigenvalue weighted by atomic mass is 16.3. The van der Waals surface area contributed by atoms with E-state index in [-0.39, 0.29) is 6.10 Å². The molecule has 1 aliphatic carbocycles. The van der Waals surface area contributed by atoms with Crippen molar-refractivity contribution < 1.29 is 5.11 Å². The molecule has 1 N–H and O–H groups in total. The molecule has 1 nitrogen and oxygen atoms in total. The fourth-order valence-corrected chi connectivity index (χ4v) is 3.54. The fraction of sp³-hybridized carbons (Fsp3) is 0.684. The Balaban J connectivity index is 1.89. The van der Waals surface area contributed by atoms with Crippen LogP contribution >= 0.6 is 0 Å². The minimum absolute atomic E-state index is 0.162. The summed E-state index contributed by atoms with van der Waals surface area (Å²) < 4.78 is 0. The number of aryl methyl sites for hydroxylation is 2. The smallest absolute Gasteiger partial charge is 0.0608 e. The lowest BCUT2D eigenvalue weighted by Crippen LogP contribution is -2.28. The largest absolute Gasteiger partial charge is 0.392 e. The van der Waals surface area contributed by atoms with Crippen LogP contribution in [0.4, 0.5) is 0 Å². The molecule has 0 aliphatic heterocycles. The Hall–Kier alpha value is -0.820. The zero-order valence-corrected chi connectivity index (χ0v) is 13.5. The third-order valence-corrected chi connectivity index (χ3v) is 5.32. The van der Waals surface area contributed by atoms with Gasteiger partial charge in [0.1, 0.15) is 0 Å². The molecule has 1 heteroatoms. The Morgan fingerprint density at radius 2 is 1.60 bits per heavy atom. The summed E-state index contributed by atoms with van der Waals surface area (Å²) in [6.45, 7) is 8.95. The summed E-state index contributed by atoms with van der Waals surface area (Å²) in [7, 11) is 0. The van der Waals surface area contributed by atoms with Crippen LogP contribution in [0.25, 0.3) is 0 Å². The highest BCUT2D eigenvalue weighted by Crippen LogP contribution is 2.35.